The lowest BCUT2D eigenvalue weighted by atomic mass is 9.99. The number of aryl methyl sites for hydroxylation is 1. The number of hydrogen-bond acceptors (Lipinski definition) is 2. The molecule has 0 aliphatic rings. The predicted octanol–water partition coefficient (Wildman–Crippen LogP) is 4.33. The van der Waals surface area contributed by atoms with Gasteiger partial charge in [0.1, 0.15) is 5.52 Å². The molecule has 2 nitrogen and oxygen atoms in total. The molecule has 0 aliphatic carbocycles. The Bertz CT molecular complexity index is 603. The zero-order valence-electron chi connectivity index (χ0n) is 11.0. The van der Waals surface area contributed by atoms with Crippen LogP contribution in [0.25, 0.3) is 11.0 Å². The molecule has 0 aliphatic heterocycles. The molecule has 0 N–H and O–H groups in total. The molecule has 0 saturated heterocycles. The molecule has 1 aromatic carbocycles. The average molecular weight is 268 g/mol. The van der Waals surface area contributed by atoms with Crippen molar-refractivity contribution < 1.29 is 13.2 Å². The maximum absolute atomic E-state index is 13.1. The van der Waals surface area contributed by atoms with E-state index in [4.69, 9.17) is 0 Å². The van der Waals surface area contributed by atoms with Crippen LogP contribution in [-0.4, -0.2) is 9.97 Å². The van der Waals surface area contributed by atoms with E-state index in [0.717, 1.165) is 0 Å². The van der Waals surface area contributed by atoms with Crippen molar-refractivity contribution in [2.24, 2.45) is 0 Å². The standard InChI is InChI=1S/C14H15F3N2/c1-4-10-7-18-12-6-9(8(2)3)5-11(13(12)19-10)14(15,16)17/h5-8H,4H2,1-3H3. The summed E-state index contributed by atoms with van der Waals surface area (Å²) in [6.45, 7) is 5.55. The molecule has 1 aromatic heterocycles. The summed E-state index contributed by atoms with van der Waals surface area (Å²) in [5.74, 6) is 0.0122. The van der Waals surface area contributed by atoms with Crippen molar-refractivity contribution >= 4 is 11.0 Å². The molecule has 2 aromatic rings. The fourth-order valence-electron chi connectivity index (χ4n) is 1.89. The Labute approximate surface area is 109 Å². The molecule has 5 heteroatoms. The van der Waals surface area contributed by atoms with E-state index < -0.39 is 11.7 Å². The highest BCUT2D eigenvalue weighted by molar-refractivity contribution is 5.79. The van der Waals surface area contributed by atoms with Gasteiger partial charge >= 0.3 is 6.18 Å². The maximum Gasteiger partial charge on any atom is 0.418 e. The number of rotatable bonds is 2. The van der Waals surface area contributed by atoms with Gasteiger partial charge in [0.25, 0.3) is 0 Å². The molecule has 0 fully saturated rings. The summed E-state index contributed by atoms with van der Waals surface area (Å²) < 4.78 is 39.4. The lowest BCUT2D eigenvalue weighted by molar-refractivity contribution is -0.136. The van der Waals surface area contributed by atoms with Crippen LogP contribution in [0.1, 0.15) is 43.5 Å². The minimum Gasteiger partial charge on any atom is -0.253 e. The maximum atomic E-state index is 13.1. The number of aromatic nitrogens is 2. The smallest absolute Gasteiger partial charge is 0.253 e. The molecule has 2 rings (SSSR count). The Morgan fingerprint density at radius 1 is 1.21 bits per heavy atom. The normalized spacial score (nSPS) is 12.4. The van der Waals surface area contributed by atoms with Crippen molar-refractivity contribution in [3.63, 3.8) is 0 Å². The minimum atomic E-state index is -4.41. The van der Waals surface area contributed by atoms with Gasteiger partial charge in [-0.3, -0.25) is 4.98 Å². The van der Waals surface area contributed by atoms with E-state index in [0.29, 0.717) is 23.2 Å². The zero-order valence-corrected chi connectivity index (χ0v) is 11.0. The van der Waals surface area contributed by atoms with Gasteiger partial charge in [0.05, 0.1) is 16.8 Å². The molecule has 102 valence electrons. The quantitative estimate of drug-likeness (QED) is 0.810. The lowest BCUT2D eigenvalue weighted by Crippen LogP contribution is -2.09. The number of alkyl halides is 3. The Morgan fingerprint density at radius 3 is 2.42 bits per heavy atom. The van der Waals surface area contributed by atoms with E-state index in [2.05, 4.69) is 9.97 Å². The summed E-state index contributed by atoms with van der Waals surface area (Å²) in [6, 6.07) is 2.86. The van der Waals surface area contributed by atoms with E-state index in [1.54, 1.807) is 6.07 Å². The van der Waals surface area contributed by atoms with Crippen molar-refractivity contribution in [1.29, 1.82) is 0 Å². The van der Waals surface area contributed by atoms with Crippen LogP contribution in [0, 0.1) is 0 Å². The van der Waals surface area contributed by atoms with E-state index in [1.807, 2.05) is 20.8 Å². The Hall–Kier alpha value is -1.65. The summed E-state index contributed by atoms with van der Waals surface area (Å²) >= 11 is 0. The molecule has 0 unspecified atom stereocenters. The van der Waals surface area contributed by atoms with E-state index in [9.17, 15) is 13.2 Å². The lowest BCUT2D eigenvalue weighted by Gasteiger charge is -2.14. The zero-order chi connectivity index (χ0) is 14.2. The Morgan fingerprint density at radius 2 is 1.89 bits per heavy atom. The second kappa shape index (κ2) is 4.79. The molecule has 0 radical (unpaired) electrons. The molecular formula is C14H15F3N2. The predicted molar refractivity (Wildman–Crippen MR) is 68.0 cm³/mol. The van der Waals surface area contributed by atoms with Crippen molar-refractivity contribution in [1.82, 2.24) is 9.97 Å². The van der Waals surface area contributed by atoms with Gasteiger partial charge in [0.2, 0.25) is 0 Å². The summed E-state index contributed by atoms with van der Waals surface area (Å²) in [7, 11) is 0. The van der Waals surface area contributed by atoms with Crippen molar-refractivity contribution in [3.05, 3.63) is 35.2 Å². The van der Waals surface area contributed by atoms with E-state index in [-0.39, 0.29) is 11.4 Å². The number of halogens is 3. The van der Waals surface area contributed by atoms with Crippen LogP contribution >= 0.6 is 0 Å². The Balaban J connectivity index is 2.79. The first-order valence-corrected chi connectivity index (χ1v) is 6.19. The molecule has 19 heavy (non-hydrogen) atoms. The number of fused-ring (bicyclic) bond motifs is 1. The molecule has 0 spiro atoms. The average Bonchev–Trinajstić information content (AvgIpc) is 2.35. The first-order valence-electron chi connectivity index (χ1n) is 6.19. The van der Waals surface area contributed by atoms with Crippen LogP contribution in [0.15, 0.2) is 18.3 Å². The van der Waals surface area contributed by atoms with Gasteiger partial charge in [0.15, 0.2) is 0 Å². The highest BCUT2D eigenvalue weighted by Gasteiger charge is 2.34. The van der Waals surface area contributed by atoms with Crippen molar-refractivity contribution in [2.45, 2.75) is 39.3 Å². The molecule has 0 saturated carbocycles. The number of hydrogen-bond donors (Lipinski definition) is 0. The summed E-state index contributed by atoms with van der Waals surface area (Å²) in [5, 5.41) is 0. The van der Waals surface area contributed by atoms with Crippen LogP contribution in [0.3, 0.4) is 0 Å². The van der Waals surface area contributed by atoms with Gasteiger partial charge in [-0.1, -0.05) is 20.8 Å². The first-order chi connectivity index (χ1) is 8.82. The monoisotopic (exact) mass is 268 g/mol. The van der Waals surface area contributed by atoms with Crippen LogP contribution in [-0.2, 0) is 12.6 Å². The molecule has 0 atom stereocenters. The van der Waals surface area contributed by atoms with Gasteiger partial charge in [-0.2, -0.15) is 13.2 Å². The van der Waals surface area contributed by atoms with Gasteiger partial charge in [-0.15, -0.1) is 0 Å². The molecular weight excluding hydrogens is 253 g/mol. The third kappa shape index (κ3) is 2.69. The number of benzene rings is 1. The molecule has 1 heterocycles. The fourth-order valence-corrected chi connectivity index (χ4v) is 1.89. The highest BCUT2D eigenvalue weighted by Crippen LogP contribution is 2.35. The first kappa shape index (κ1) is 13.8. The van der Waals surface area contributed by atoms with E-state index >= 15 is 0 Å². The highest BCUT2D eigenvalue weighted by atomic mass is 19.4. The van der Waals surface area contributed by atoms with Gasteiger partial charge in [-0.25, -0.2) is 4.98 Å². The summed E-state index contributed by atoms with van der Waals surface area (Å²) in [4.78, 5) is 8.18. The van der Waals surface area contributed by atoms with Crippen LogP contribution in [0.2, 0.25) is 0 Å². The SMILES string of the molecule is CCc1cnc2cc(C(C)C)cc(C(F)(F)F)c2n1. The van der Waals surface area contributed by atoms with Crippen molar-refractivity contribution in [3.8, 4) is 0 Å². The fraction of sp³-hybridized carbons (Fsp3) is 0.429. The van der Waals surface area contributed by atoms with E-state index in [1.165, 1.54) is 12.3 Å². The molecule has 0 amide bonds. The van der Waals surface area contributed by atoms with Crippen LogP contribution in [0.4, 0.5) is 13.2 Å². The minimum absolute atomic E-state index is 0.0122. The van der Waals surface area contributed by atoms with Gasteiger partial charge in [-0.05, 0) is 30.0 Å². The topological polar surface area (TPSA) is 25.8 Å². The Kier molecular flexibility index (Phi) is 3.47. The third-order valence-corrected chi connectivity index (χ3v) is 3.05. The third-order valence-electron chi connectivity index (χ3n) is 3.05. The van der Waals surface area contributed by atoms with Crippen LogP contribution in [0.5, 0.6) is 0 Å². The number of nitrogens with zero attached hydrogens (tertiary/aromatic N) is 2. The summed E-state index contributed by atoms with van der Waals surface area (Å²) in [5.41, 5.74) is 0.733. The summed E-state index contributed by atoms with van der Waals surface area (Å²) in [6.07, 6.45) is -2.32. The largest absolute Gasteiger partial charge is 0.418 e. The van der Waals surface area contributed by atoms with Crippen molar-refractivity contribution in [2.75, 3.05) is 0 Å². The molecule has 0 bridgehead atoms. The van der Waals surface area contributed by atoms with Gasteiger partial charge < -0.3 is 0 Å². The van der Waals surface area contributed by atoms with Gasteiger partial charge in [0, 0.05) is 6.20 Å². The van der Waals surface area contributed by atoms with Crippen LogP contribution < -0.4 is 0 Å². The second-order valence-corrected chi connectivity index (χ2v) is 4.80. The second-order valence-electron chi connectivity index (χ2n) is 4.80.